The van der Waals surface area contributed by atoms with Crippen LogP contribution in [0.25, 0.3) is 11.1 Å². The quantitative estimate of drug-likeness (QED) is 0.489. The van der Waals surface area contributed by atoms with E-state index >= 15 is 0 Å². The highest BCUT2D eigenvalue weighted by Crippen LogP contribution is 2.51. The molecule has 164 valence electrons. The third-order valence-corrected chi connectivity index (χ3v) is 6.37. The number of benzene rings is 2. The summed E-state index contributed by atoms with van der Waals surface area (Å²) in [5, 5.41) is 19.8. The number of anilines is 1. The summed E-state index contributed by atoms with van der Waals surface area (Å²) >= 11 is 1.23. The standard InChI is InChI=1S/C25H21N5O2S/c1-3-21-28-20(14-33-21)29-24(32)30-22(23(31)27-2)17-9-10-18(16-7-5-4-6-8-16)19(13-17)25(15-26)11-12-25/h1,4-10,13-14,22H,11-12H2,2H3,(H,27,31)(H2,29,30,32). The molecule has 4 rings (SSSR count). The van der Waals surface area contributed by atoms with Gasteiger partial charge in [-0.2, -0.15) is 5.26 Å². The molecular formula is C25H21N5O2S. The lowest BCUT2D eigenvalue weighted by Crippen LogP contribution is -2.41. The van der Waals surface area contributed by atoms with E-state index in [2.05, 4.69) is 32.9 Å². The van der Waals surface area contributed by atoms with Crippen LogP contribution in [0.4, 0.5) is 10.6 Å². The highest BCUT2D eigenvalue weighted by Gasteiger charge is 2.46. The zero-order chi connectivity index (χ0) is 23.4. The molecule has 1 fully saturated rings. The van der Waals surface area contributed by atoms with Crippen LogP contribution in [0.3, 0.4) is 0 Å². The van der Waals surface area contributed by atoms with Gasteiger partial charge in [0.05, 0.1) is 11.5 Å². The lowest BCUT2D eigenvalue weighted by atomic mass is 9.86. The van der Waals surface area contributed by atoms with E-state index in [1.807, 2.05) is 42.5 Å². The van der Waals surface area contributed by atoms with Crippen LogP contribution in [-0.4, -0.2) is 24.0 Å². The van der Waals surface area contributed by atoms with Gasteiger partial charge in [-0.25, -0.2) is 9.78 Å². The molecule has 1 atom stereocenters. The Bertz CT molecular complexity index is 1280. The Morgan fingerprint density at radius 3 is 2.58 bits per heavy atom. The molecule has 0 radical (unpaired) electrons. The van der Waals surface area contributed by atoms with E-state index < -0.39 is 17.5 Å². The maximum atomic E-state index is 12.7. The summed E-state index contributed by atoms with van der Waals surface area (Å²) in [6, 6.07) is 16.3. The van der Waals surface area contributed by atoms with E-state index in [9.17, 15) is 14.9 Å². The topological polar surface area (TPSA) is 107 Å². The van der Waals surface area contributed by atoms with Gasteiger partial charge in [-0.1, -0.05) is 48.5 Å². The second kappa shape index (κ2) is 9.15. The number of nitrogens with one attached hydrogen (secondary N) is 3. The molecule has 0 spiro atoms. The van der Waals surface area contributed by atoms with Gasteiger partial charge in [0.25, 0.3) is 0 Å². The first-order valence-corrected chi connectivity index (χ1v) is 11.2. The van der Waals surface area contributed by atoms with E-state index in [0.29, 0.717) is 16.4 Å². The van der Waals surface area contributed by atoms with Crippen LogP contribution < -0.4 is 16.0 Å². The van der Waals surface area contributed by atoms with Crippen LogP contribution in [0.1, 0.15) is 35.0 Å². The molecule has 1 aliphatic rings. The molecule has 3 aromatic rings. The smallest absolute Gasteiger partial charge is 0.321 e. The molecule has 0 saturated heterocycles. The van der Waals surface area contributed by atoms with Gasteiger partial charge in [0.15, 0.2) is 5.01 Å². The Hall–Kier alpha value is -4.14. The third kappa shape index (κ3) is 4.57. The molecule has 3 amide bonds. The number of aromatic nitrogens is 1. The zero-order valence-electron chi connectivity index (χ0n) is 17.9. The monoisotopic (exact) mass is 455 g/mol. The van der Waals surface area contributed by atoms with Crippen molar-refractivity contribution in [3.05, 3.63) is 70.0 Å². The van der Waals surface area contributed by atoms with Crippen LogP contribution in [0.2, 0.25) is 0 Å². The normalized spacial score (nSPS) is 14.3. The number of amides is 3. The lowest BCUT2D eigenvalue weighted by Gasteiger charge is -2.21. The fraction of sp³-hybridized carbons (Fsp3) is 0.200. The fourth-order valence-corrected chi connectivity index (χ4v) is 4.25. The first kappa shape index (κ1) is 22.1. The Morgan fingerprint density at radius 1 is 1.21 bits per heavy atom. The van der Waals surface area contributed by atoms with E-state index in [1.165, 1.54) is 18.4 Å². The van der Waals surface area contributed by atoms with Crippen LogP contribution in [0, 0.1) is 23.7 Å². The molecule has 0 bridgehead atoms. The second-order valence-corrected chi connectivity index (χ2v) is 8.55. The molecule has 1 aliphatic carbocycles. The number of nitriles is 1. The predicted octanol–water partition coefficient (Wildman–Crippen LogP) is 3.96. The minimum absolute atomic E-state index is 0.308. The van der Waals surface area contributed by atoms with E-state index in [4.69, 9.17) is 6.42 Å². The van der Waals surface area contributed by atoms with Crippen molar-refractivity contribution in [3.8, 4) is 29.5 Å². The molecule has 1 unspecified atom stereocenters. The molecule has 33 heavy (non-hydrogen) atoms. The van der Waals surface area contributed by atoms with E-state index in [0.717, 1.165) is 29.5 Å². The highest BCUT2D eigenvalue weighted by atomic mass is 32.1. The number of hydrogen-bond acceptors (Lipinski definition) is 5. The summed E-state index contributed by atoms with van der Waals surface area (Å²) in [5.41, 5.74) is 2.81. The first-order valence-electron chi connectivity index (χ1n) is 10.3. The zero-order valence-corrected chi connectivity index (χ0v) is 18.7. The van der Waals surface area contributed by atoms with Crippen molar-refractivity contribution in [2.45, 2.75) is 24.3 Å². The molecule has 2 aromatic carbocycles. The van der Waals surface area contributed by atoms with Crippen molar-refractivity contribution in [1.29, 1.82) is 5.26 Å². The Kier molecular flexibility index (Phi) is 6.12. The van der Waals surface area contributed by atoms with Crippen molar-refractivity contribution in [3.63, 3.8) is 0 Å². The molecule has 8 heteroatoms. The molecule has 3 N–H and O–H groups in total. The van der Waals surface area contributed by atoms with Crippen LogP contribution in [0.5, 0.6) is 0 Å². The van der Waals surface area contributed by atoms with Crippen molar-refractivity contribution in [2.75, 3.05) is 12.4 Å². The van der Waals surface area contributed by atoms with Crippen LogP contribution in [0.15, 0.2) is 53.9 Å². The number of urea groups is 1. The van der Waals surface area contributed by atoms with E-state index in [-0.39, 0.29) is 5.91 Å². The van der Waals surface area contributed by atoms with Gasteiger partial charge in [0.2, 0.25) is 5.91 Å². The summed E-state index contributed by atoms with van der Waals surface area (Å²) in [7, 11) is 1.51. The van der Waals surface area contributed by atoms with Gasteiger partial charge in [-0.15, -0.1) is 17.8 Å². The third-order valence-electron chi connectivity index (χ3n) is 5.59. The molecule has 7 nitrogen and oxygen atoms in total. The van der Waals surface area contributed by atoms with Crippen molar-refractivity contribution in [2.24, 2.45) is 0 Å². The number of likely N-dealkylation sites (N-methyl/N-ethyl adjacent to an activating group) is 1. The fourth-order valence-electron chi connectivity index (χ4n) is 3.70. The molecule has 1 saturated carbocycles. The Labute approximate surface area is 195 Å². The predicted molar refractivity (Wildman–Crippen MR) is 127 cm³/mol. The average molecular weight is 456 g/mol. The van der Waals surface area contributed by atoms with Gasteiger partial charge < -0.3 is 10.6 Å². The molecular weight excluding hydrogens is 434 g/mol. The van der Waals surface area contributed by atoms with Crippen LogP contribution >= 0.6 is 11.3 Å². The van der Waals surface area contributed by atoms with Crippen LogP contribution in [-0.2, 0) is 10.2 Å². The summed E-state index contributed by atoms with van der Waals surface area (Å²) < 4.78 is 0. The number of hydrogen-bond donors (Lipinski definition) is 3. The Morgan fingerprint density at radius 2 is 1.97 bits per heavy atom. The minimum Gasteiger partial charge on any atom is -0.357 e. The number of thiazole rings is 1. The van der Waals surface area contributed by atoms with Gasteiger partial charge in [0.1, 0.15) is 11.9 Å². The van der Waals surface area contributed by atoms with Gasteiger partial charge in [-0.05, 0) is 41.0 Å². The number of rotatable bonds is 6. The Balaban J connectivity index is 1.67. The van der Waals surface area contributed by atoms with Gasteiger partial charge in [0, 0.05) is 12.4 Å². The summed E-state index contributed by atoms with van der Waals surface area (Å²) in [6.07, 6.45) is 6.84. The number of nitrogens with zero attached hydrogens (tertiary/aromatic N) is 2. The molecule has 0 aliphatic heterocycles. The number of carbonyl (C=O) groups excluding carboxylic acids is 2. The molecule has 1 heterocycles. The molecule has 1 aromatic heterocycles. The van der Waals surface area contributed by atoms with Crippen molar-refractivity contribution in [1.82, 2.24) is 15.6 Å². The van der Waals surface area contributed by atoms with E-state index in [1.54, 1.807) is 11.4 Å². The number of carbonyl (C=O) groups is 2. The highest BCUT2D eigenvalue weighted by molar-refractivity contribution is 7.10. The van der Waals surface area contributed by atoms with Crippen molar-refractivity contribution < 1.29 is 9.59 Å². The maximum Gasteiger partial charge on any atom is 0.321 e. The largest absolute Gasteiger partial charge is 0.357 e. The first-order chi connectivity index (χ1) is 16.0. The summed E-state index contributed by atoms with van der Waals surface area (Å²) in [5.74, 6) is 2.34. The van der Waals surface area contributed by atoms with Gasteiger partial charge >= 0.3 is 6.03 Å². The van der Waals surface area contributed by atoms with Gasteiger partial charge in [-0.3, -0.25) is 10.1 Å². The van der Waals surface area contributed by atoms with Crippen molar-refractivity contribution >= 4 is 29.1 Å². The average Bonchev–Trinajstić information content (AvgIpc) is 3.53. The summed E-state index contributed by atoms with van der Waals surface area (Å²) in [4.78, 5) is 29.4. The minimum atomic E-state index is -0.959. The second-order valence-electron chi connectivity index (χ2n) is 7.69. The lowest BCUT2D eigenvalue weighted by molar-refractivity contribution is -0.122. The number of terminal acetylenes is 1. The SMILES string of the molecule is C#Cc1nc(NC(=O)NC(C(=O)NC)c2ccc(-c3ccccc3)c(C3(C#N)CC3)c2)cs1. The summed E-state index contributed by atoms with van der Waals surface area (Å²) in [6.45, 7) is 0. The maximum absolute atomic E-state index is 12.7.